The molecule has 7 heteroatoms. The number of rotatable bonds is 8. The summed E-state index contributed by atoms with van der Waals surface area (Å²) in [7, 11) is 0. The Morgan fingerprint density at radius 3 is 2.46 bits per heavy atom. The van der Waals surface area contributed by atoms with Gasteiger partial charge in [-0.15, -0.1) is 0 Å². The highest BCUT2D eigenvalue weighted by atomic mass is 79.9. The molecule has 26 heavy (non-hydrogen) atoms. The number of carboxylic acid groups (broad SMARTS) is 1. The lowest BCUT2D eigenvalue weighted by atomic mass is 10.0. The lowest BCUT2D eigenvalue weighted by Crippen LogP contribution is -2.41. The highest BCUT2D eigenvalue weighted by Crippen LogP contribution is 2.12. The van der Waals surface area contributed by atoms with Crippen molar-refractivity contribution in [2.24, 2.45) is 0 Å². The number of ketones is 1. The van der Waals surface area contributed by atoms with Crippen LogP contribution in [0.25, 0.3) is 0 Å². The number of benzene rings is 2. The van der Waals surface area contributed by atoms with E-state index in [1.165, 1.54) is 0 Å². The van der Waals surface area contributed by atoms with Crippen LogP contribution in [0.3, 0.4) is 0 Å². The number of hydrogen-bond acceptors (Lipinski definition) is 4. The summed E-state index contributed by atoms with van der Waals surface area (Å²) in [6.07, 6.45) is -0.855. The van der Waals surface area contributed by atoms with Gasteiger partial charge in [-0.3, -0.25) is 4.79 Å². The van der Waals surface area contributed by atoms with Gasteiger partial charge in [-0.1, -0.05) is 58.4 Å². The smallest absolute Gasteiger partial charge is 0.408 e. The van der Waals surface area contributed by atoms with E-state index in [1.807, 2.05) is 6.07 Å². The lowest BCUT2D eigenvalue weighted by molar-refractivity contribution is -0.139. The molecule has 0 aliphatic rings. The van der Waals surface area contributed by atoms with Crippen LogP contribution in [-0.4, -0.2) is 29.0 Å². The van der Waals surface area contributed by atoms with Crippen LogP contribution >= 0.6 is 15.9 Å². The second kappa shape index (κ2) is 9.72. The molecule has 0 bridgehead atoms. The number of carbonyl (C=O) groups is 3. The summed E-state index contributed by atoms with van der Waals surface area (Å²) in [4.78, 5) is 35.2. The molecule has 1 unspecified atom stereocenters. The monoisotopic (exact) mass is 419 g/mol. The van der Waals surface area contributed by atoms with Crippen molar-refractivity contribution in [2.45, 2.75) is 25.5 Å². The van der Waals surface area contributed by atoms with E-state index < -0.39 is 18.1 Å². The van der Waals surface area contributed by atoms with Crippen molar-refractivity contribution in [1.82, 2.24) is 5.32 Å². The van der Waals surface area contributed by atoms with Crippen LogP contribution in [0.4, 0.5) is 4.79 Å². The third-order valence-electron chi connectivity index (χ3n) is 3.60. The Hall–Kier alpha value is -2.67. The molecule has 2 rings (SSSR count). The molecule has 6 nitrogen and oxygen atoms in total. The highest BCUT2D eigenvalue weighted by Gasteiger charge is 2.22. The standard InChI is InChI=1S/C19H18BrNO5/c20-15-8-4-5-13(11-15)12-26-19(25)21-16(18(23)24)9-10-17(22)14-6-2-1-3-7-14/h1-8,11,16H,9-10,12H2,(H,21,25)(H,23,24). The normalized spacial score (nSPS) is 11.4. The number of Topliss-reactive ketones (excluding diaryl/α,β-unsaturated/α-hetero) is 1. The Bertz CT molecular complexity index is 779. The first kappa shape index (κ1) is 19.7. The van der Waals surface area contributed by atoms with Crippen LogP contribution in [0.1, 0.15) is 28.8 Å². The van der Waals surface area contributed by atoms with Crippen LogP contribution in [0.15, 0.2) is 59.1 Å². The minimum Gasteiger partial charge on any atom is -0.480 e. The Morgan fingerprint density at radius 1 is 1.08 bits per heavy atom. The van der Waals surface area contributed by atoms with Gasteiger partial charge in [-0.25, -0.2) is 9.59 Å². The third-order valence-corrected chi connectivity index (χ3v) is 4.10. The molecule has 0 radical (unpaired) electrons. The van der Waals surface area contributed by atoms with Crippen LogP contribution in [0.5, 0.6) is 0 Å². The zero-order valence-electron chi connectivity index (χ0n) is 13.9. The van der Waals surface area contributed by atoms with Crippen LogP contribution in [0.2, 0.25) is 0 Å². The summed E-state index contributed by atoms with van der Waals surface area (Å²) >= 11 is 3.32. The van der Waals surface area contributed by atoms with Gasteiger partial charge in [0, 0.05) is 16.5 Å². The fraction of sp³-hybridized carbons (Fsp3) is 0.211. The maximum atomic E-state index is 12.1. The SMILES string of the molecule is O=C(NC(CCC(=O)c1ccccc1)C(=O)O)OCc1cccc(Br)c1. The molecular formula is C19H18BrNO5. The maximum Gasteiger partial charge on any atom is 0.408 e. The van der Waals surface area contributed by atoms with Gasteiger partial charge in [0.1, 0.15) is 12.6 Å². The molecule has 0 aromatic heterocycles. The summed E-state index contributed by atoms with van der Waals surface area (Å²) < 4.78 is 5.88. The molecule has 0 saturated carbocycles. The van der Waals surface area contributed by atoms with Crippen molar-refractivity contribution < 1.29 is 24.2 Å². The fourth-order valence-corrected chi connectivity index (χ4v) is 2.71. The number of carboxylic acids is 1. The molecule has 0 aliphatic carbocycles. The Morgan fingerprint density at radius 2 is 1.81 bits per heavy atom. The molecule has 0 heterocycles. The minimum atomic E-state index is -1.22. The fourth-order valence-electron chi connectivity index (χ4n) is 2.26. The van der Waals surface area contributed by atoms with E-state index in [4.69, 9.17) is 4.74 Å². The summed E-state index contributed by atoms with van der Waals surface area (Å²) in [6.45, 7) is 0.0144. The Balaban J connectivity index is 1.84. The predicted molar refractivity (Wildman–Crippen MR) is 98.9 cm³/mol. The summed E-state index contributed by atoms with van der Waals surface area (Å²) in [6, 6.07) is 14.6. The number of alkyl carbamates (subject to hydrolysis) is 1. The topological polar surface area (TPSA) is 92.7 Å². The van der Waals surface area contributed by atoms with Crippen LogP contribution < -0.4 is 5.32 Å². The molecule has 2 N–H and O–H groups in total. The molecule has 0 fully saturated rings. The number of carbonyl (C=O) groups excluding carboxylic acids is 2. The minimum absolute atomic E-state index is 0.00684. The van der Waals surface area contributed by atoms with E-state index in [0.29, 0.717) is 5.56 Å². The molecule has 2 aromatic carbocycles. The predicted octanol–water partition coefficient (Wildman–Crippen LogP) is 3.79. The van der Waals surface area contributed by atoms with E-state index in [-0.39, 0.29) is 25.2 Å². The first-order valence-electron chi connectivity index (χ1n) is 7.94. The molecule has 0 saturated heterocycles. The van der Waals surface area contributed by atoms with E-state index in [2.05, 4.69) is 21.2 Å². The van der Waals surface area contributed by atoms with Crippen molar-refractivity contribution in [3.8, 4) is 0 Å². The average Bonchev–Trinajstić information content (AvgIpc) is 2.63. The number of nitrogens with one attached hydrogen (secondary N) is 1. The quantitative estimate of drug-likeness (QED) is 0.634. The van der Waals surface area contributed by atoms with Gasteiger partial charge < -0.3 is 15.2 Å². The second-order valence-electron chi connectivity index (χ2n) is 5.57. The summed E-state index contributed by atoms with van der Waals surface area (Å²) in [5, 5.41) is 11.5. The van der Waals surface area contributed by atoms with Crippen LogP contribution in [-0.2, 0) is 16.1 Å². The van der Waals surface area contributed by atoms with Gasteiger partial charge in [-0.2, -0.15) is 0 Å². The van der Waals surface area contributed by atoms with Gasteiger partial charge in [0.05, 0.1) is 0 Å². The van der Waals surface area contributed by atoms with Crippen molar-refractivity contribution in [2.75, 3.05) is 0 Å². The van der Waals surface area contributed by atoms with Gasteiger partial charge in [-0.05, 0) is 24.1 Å². The average molecular weight is 420 g/mol. The van der Waals surface area contributed by atoms with Gasteiger partial charge in [0.2, 0.25) is 0 Å². The van der Waals surface area contributed by atoms with Gasteiger partial charge in [0.25, 0.3) is 0 Å². The molecule has 2 aromatic rings. The van der Waals surface area contributed by atoms with Crippen molar-refractivity contribution in [3.05, 3.63) is 70.2 Å². The zero-order chi connectivity index (χ0) is 18.9. The van der Waals surface area contributed by atoms with Crippen LogP contribution in [0, 0.1) is 0 Å². The second-order valence-corrected chi connectivity index (χ2v) is 6.48. The first-order chi connectivity index (χ1) is 12.5. The van der Waals surface area contributed by atoms with Gasteiger partial charge in [0.15, 0.2) is 5.78 Å². The third kappa shape index (κ3) is 6.33. The summed E-state index contributed by atoms with van der Waals surface area (Å²) in [5.74, 6) is -1.40. The Labute approximate surface area is 159 Å². The van der Waals surface area contributed by atoms with Gasteiger partial charge >= 0.3 is 12.1 Å². The molecule has 1 atom stereocenters. The number of hydrogen-bond donors (Lipinski definition) is 2. The number of amides is 1. The van der Waals surface area contributed by atoms with E-state index in [9.17, 15) is 19.5 Å². The lowest BCUT2D eigenvalue weighted by Gasteiger charge is -2.14. The number of halogens is 1. The van der Waals surface area contributed by atoms with Crippen molar-refractivity contribution in [3.63, 3.8) is 0 Å². The Kier molecular flexibility index (Phi) is 7.35. The van der Waals surface area contributed by atoms with E-state index >= 15 is 0 Å². The van der Waals surface area contributed by atoms with E-state index in [1.54, 1.807) is 48.5 Å². The largest absolute Gasteiger partial charge is 0.480 e. The summed E-state index contributed by atoms with van der Waals surface area (Å²) in [5.41, 5.74) is 1.27. The maximum absolute atomic E-state index is 12.1. The molecule has 136 valence electrons. The van der Waals surface area contributed by atoms with Crippen molar-refractivity contribution in [1.29, 1.82) is 0 Å². The molecule has 0 spiro atoms. The van der Waals surface area contributed by atoms with E-state index in [0.717, 1.165) is 10.0 Å². The van der Waals surface area contributed by atoms with Crippen molar-refractivity contribution >= 4 is 33.8 Å². The number of ether oxygens (including phenoxy) is 1. The first-order valence-corrected chi connectivity index (χ1v) is 8.74. The number of aliphatic carboxylic acids is 1. The molecule has 1 amide bonds. The highest BCUT2D eigenvalue weighted by molar-refractivity contribution is 9.10. The zero-order valence-corrected chi connectivity index (χ0v) is 15.4. The molecule has 0 aliphatic heterocycles. The molecular weight excluding hydrogens is 402 g/mol.